The number of carbonyl (C=O) groups is 1. The number of sulfonamides is 1. The van der Waals surface area contributed by atoms with Gasteiger partial charge >= 0.3 is 0 Å². The second-order valence-corrected chi connectivity index (χ2v) is 9.96. The highest BCUT2D eigenvalue weighted by atomic mass is 35.5. The Morgan fingerprint density at radius 1 is 1.00 bits per heavy atom. The maximum absolute atomic E-state index is 12.4. The van der Waals surface area contributed by atoms with Gasteiger partial charge < -0.3 is 5.32 Å². The van der Waals surface area contributed by atoms with Gasteiger partial charge in [-0.1, -0.05) is 23.7 Å². The summed E-state index contributed by atoms with van der Waals surface area (Å²) in [7, 11) is -3.83. The molecule has 1 aromatic heterocycles. The molecular formula is C20H19ClN6O3S3. The van der Waals surface area contributed by atoms with Crippen LogP contribution >= 0.6 is 35.6 Å². The number of hydrogen-bond donors (Lipinski definition) is 4. The third-order valence-corrected chi connectivity index (χ3v) is 6.75. The summed E-state index contributed by atoms with van der Waals surface area (Å²) in [5.74, 6) is 0.650. The first-order valence-electron chi connectivity index (χ1n) is 9.40. The minimum atomic E-state index is -3.83. The van der Waals surface area contributed by atoms with Gasteiger partial charge in [0.15, 0.2) is 5.11 Å². The van der Waals surface area contributed by atoms with E-state index in [1.165, 1.54) is 48.4 Å². The number of rotatable bonds is 8. The Bertz CT molecular complexity index is 1190. The number of halogens is 1. The lowest BCUT2D eigenvalue weighted by molar-refractivity contribution is -0.119. The number of nitrogens with zero attached hydrogens (tertiary/aromatic N) is 2. The molecule has 0 unspecified atom stereocenters. The number of benzene rings is 2. The van der Waals surface area contributed by atoms with Crippen molar-refractivity contribution >= 4 is 68.3 Å². The molecule has 3 rings (SSSR count). The molecule has 0 bridgehead atoms. The fourth-order valence-corrected chi connectivity index (χ4v) is 4.46. The van der Waals surface area contributed by atoms with Gasteiger partial charge in [0.2, 0.25) is 11.9 Å². The molecule has 9 nitrogen and oxygen atoms in total. The first kappa shape index (κ1) is 24.7. The van der Waals surface area contributed by atoms with Crippen LogP contribution in [-0.2, 0) is 20.6 Å². The van der Waals surface area contributed by atoms with Crippen molar-refractivity contribution < 1.29 is 13.2 Å². The van der Waals surface area contributed by atoms with Gasteiger partial charge in [0.25, 0.3) is 10.0 Å². The summed E-state index contributed by atoms with van der Waals surface area (Å²) in [5.41, 5.74) is 6.72. The van der Waals surface area contributed by atoms with Crippen LogP contribution in [0.2, 0.25) is 5.02 Å². The van der Waals surface area contributed by atoms with Gasteiger partial charge in [-0.3, -0.25) is 15.6 Å². The van der Waals surface area contributed by atoms with Gasteiger partial charge in [0.05, 0.1) is 10.6 Å². The quantitative estimate of drug-likeness (QED) is 0.260. The monoisotopic (exact) mass is 522 g/mol. The largest absolute Gasteiger partial charge is 0.331 e. The lowest BCUT2D eigenvalue weighted by Crippen LogP contribution is -2.44. The molecule has 172 valence electrons. The molecule has 4 N–H and O–H groups in total. The molecule has 13 heteroatoms. The van der Waals surface area contributed by atoms with E-state index in [9.17, 15) is 13.2 Å². The molecule has 0 spiro atoms. The van der Waals surface area contributed by atoms with E-state index in [0.717, 1.165) is 5.56 Å². The summed E-state index contributed by atoms with van der Waals surface area (Å²) >= 11 is 12.4. The Labute approximate surface area is 205 Å². The lowest BCUT2D eigenvalue weighted by atomic mass is 10.2. The zero-order valence-corrected chi connectivity index (χ0v) is 20.2. The van der Waals surface area contributed by atoms with Crippen molar-refractivity contribution in [2.45, 2.75) is 10.6 Å². The molecule has 33 heavy (non-hydrogen) atoms. The summed E-state index contributed by atoms with van der Waals surface area (Å²) in [4.78, 5) is 19.7. The fraction of sp³-hybridized carbons (Fsp3) is 0.100. The molecule has 0 aliphatic carbocycles. The number of hydrogen-bond acceptors (Lipinski definition) is 7. The molecule has 0 saturated carbocycles. The molecule has 0 saturated heterocycles. The fourth-order valence-electron chi connectivity index (χ4n) is 2.42. The summed E-state index contributed by atoms with van der Waals surface area (Å²) in [6.07, 6.45) is 2.87. The van der Waals surface area contributed by atoms with Crippen LogP contribution in [0.5, 0.6) is 0 Å². The highest BCUT2D eigenvalue weighted by Crippen LogP contribution is 2.17. The number of thiocarbonyl (C=S) groups is 1. The summed E-state index contributed by atoms with van der Waals surface area (Å²) in [5, 5.41) is 3.68. The highest BCUT2D eigenvalue weighted by Gasteiger charge is 2.15. The SMILES string of the molecule is O=C(CSCc1ccc(Cl)cc1)NNC(=S)Nc1ccc(S(=O)(=O)Nc2ncccn2)cc1. The second kappa shape index (κ2) is 11.8. The minimum Gasteiger partial charge on any atom is -0.331 e. The van der Waals surface area contributed by atoms with Crippen molar-refractivity contribution in [3.63, 3.8) is 0 Å². The molecule has 0 radical (unpaired) electrons. The summed E-state index contributed by atoms with van der Waals surface area (Å²) in [6.45, 7) is 0. The normalized spacial score (nSPS) is 10.8. The first-order chi connectivity index (χ1) is 15.8. The van der Waals surface area contributed by atoms with Crippen molar-refractivity contribution in [3.05, 3.63) is 77.6 Å². The number of aromatic nitrogens is 2. The van der Waals surface area contributed by atoms with E-state index >= 15 is 0 Å². The zero-order valence-electron chi connectivity index (χ0n) is 17.0. The molecule has 1 heterocycles. The van der Waals surface area contributed by atoms with Gasteiger partial charge in [-0.2, -0.15) is 0 Å². The lowest BCUT2D eigenvalue weighted by Gasteiger charge is -2.12. The van der Waals surface area contributed by atoms with Crippen molar-refractivity contribution in [3.8, 4) is 0 Å². The molecular weight excluding hydrogens is 504 g/mol. The van der Waals surface area contributed by atoms with Gasteiger partial charge in [0.1, 0.15) is 0 Å². The molecule has 0 fully saturated rings. The van der Waals surface area contributed by atoms with Crippen LogP contribution in [0.4, 0.5) is 11.6 Å². The Hall–Kier alpha value is -2.93. The van der Waals surface area contributed by atoms with E-state index in [1.807, 2.05) is 12.1 Å². The standard InChI is InChI=1S/C20H19ClN6O3S3/c21-15-4-2-14(3-5-15)12-32-13-18(28)25-26-20(31)24-16-6-8-17(9-7-16)33(29,30)27-19-22-10-1-11-23-19/h1-11H,12-13H2,(H,25,28)(H,22,23,27)(H2,24,26,31). The van der Waals surface area contributed by atoms with E-state index in [2.05, 4.69) is 30.9 Å². The number of amides is 1. The maximum atomic E-state index is 12.4. The van der Waals surface area contributed by atoms with E-state index in [0.29, 0.717) is 16.5 Å². The van der Waals surface area contributed by atoms with Crippen molar-refractivity contribution in [1.29, 1.82) is 0 Å². The molecule has 0 atom stereocenters. The van der Waals surface area contributed by atoms with Crippen molar-refractivity contribution in [1.82, 2.24) is 20.8 Å². The molecule has 0 aliphatic rings. The minimum absolute atomic E-state index is 0.0212. The van der Waals surface area contributed by atoms with Crippen LogP contribution in [0, 0.1) is 0 Å². The predicted molar refractivity (Wildman–Crippen MR) is 134 cm³/mol. The van der Waals surface area contributed by atoms with Crippen LogP contribution in [0.25, 0.3) is 0 Å². The summed E-state index contributed by atoms with van der Waals surface area (Å²) in [6, 6.07) is 14.9. The van der Waals surface area contributed by atoms with Crippen LogP contribution in [-0.4, -0.2) is 35.2 Å². The van der Waals surface area contributed by atoms with Gasteiger partial charge in [-0.15, -0.1) is 11.8 Å². The Balaban J connectivity index is 1.41. The van der Waals surface area contributed by atoms with Crippen LogP contribution in [0.15, 0.2) is 71.9 Å². The Morgan fingerprint density at radius 3 is 2.33 bits per heavy atom. The Morgan fingerprint density at radius 2 is 1.67 bits per heavy atom. The number of thioether (sulfide) groups is 1. The first-order valence-corrected chi connectivity index (χ1v) is 12.8. The zero-order chi connectivity index (χ0) is 23.7. The number of nitrogens with one attached hydrogen (secondary N) is 4. The van der Waals surface area contributed by atoms with E-state index in [4.69, 9.17) is 23.8 Å². The van der Waals surface area contributed by atoms with Crippen molar-refractivity contribution in [2.75, 3.05) is 15.8 Å². The third kappa shape index (κ3) is 8.17. The smallest absolute Gasteiger partial charge is 0.264 e. The van der Waals surface area contributed by atoms with Gasteiger partial charge in [0, 0.05) is 28.9 Å². The van der Waals surface area contributed by atoms with Gasteiger partial charge in [-0.25, -0.2) is 23.1 Å². The van der Waals surface area contributed by atoms with E-state index in [-0.39, 0.29) is 27.6 Å². The van der Waals surface area contributed by atoms with Gasteiger partial charge in [-0.05, 0) is 60.2 Å². The average Bonchev–Trinajstić information content (AvgIpc) is 2.80. The molecule has 1 amide bonds. The van der Waals surface area contributed by atoms with Crippen LogP contribution in [0.3, 0.4) is 0 Å². The number of hydrazine groups is 1. The van der Waals surface area contributed by atoms with Crippen LogP contribution < -0.4 is 20.9 Å². The summed E-state index contributed by atoms with van der Waals surface area (Å²) < 4.78 is 27.1. The molecule has 2 aromatic carbocycles. The average molecular weight is 523 g/mol. The number of anilines is 2. The van der Waals surface area contributed by atoms with Crippen LogP contribution in [0.1, 0.15) is 5.56 Å². The predicted octanol–water partition coefficient (Wildman–Crippen LogP) is 3.18. The molecule has 0 aliphatic heterocycles. The third-order valence-electron chi connectivity index (χ3n) is 3.94. The Kier molecular flexibility index (Phi) is 8.83. The second-order valence-electron chi connectivity index (χ2n) is 6.45. The van der Waals surface area contributed by atoms with Crippen molar-refractivity contribution in [2.24, 2.45) is 0 Å². The van der Waals surface area contributed by atoms with E-state index < -0.39 is 10.0 Å². The maximum Gasteiger partial charge on any atom is 0.264 e. The highest BCUT2D eigenvalue weighted by molar-refractivity contribution is 7.99. The number of carbonyl (C=O) groups excluding carboxylic acids is 1. The van der Waals surface area contributed by atoms with E-state index in [1.54, 1.807) is 18.2 Å². The topological polar surface area (TPSA) is 125 Å². The molecule has 3 aromatic rings.